The summed E-state index contributed by atoms with van der Waals surface area (Å²) < 4.78 is 38.6. The predicted molar refractivity (Wildman–Crippen MR) is 76.7 cm³/mol. The molecule has 4 atom stereocenters. The first-order chi connectivity index (χ1) is 9.15. The molecule has 0 aromatic heterocycles. The van der Waals surface area contributed by atoms with E-state index in [9.17, 15) is 13.2 Å². The number of rotatable bonds is 5. The molecule has 0 saturated heterocycles. The summed E-state index contributed by atoms with van der Waals surface area (Å²) in [5, 5.41) is 3.41. The molecule has 20 heavy (non-hydrogen) atoms. The van der Waals surface area contributed by atoms with E-state index in [1.807, 2.05) is 20.8 Å². The van der Waals surface area contributed by atoms with Crippen molar-refractivity contribution in [3.8, 4) is 0 Å². The lowest BCUT2D eigenvalue weighted by Crippen LogP contribution is -2.60. The van der Waals surface area contributed by atoms with Crippen molar-refractivity contribution in [3.05, 3.63) is 0 Å². The van der Waals surface area contributed by atoms with Crippen molar-refractivity contribution in [1.82, 2.24) is 10.2 Å². The Hall–Kier alpha value is -0.290. The van der Waals surface area contributed by atoms with Crippen LogP contribution in [0.15, 0.2) is 0 Å². The molecule has 2 nitrogen and oxygen atoms in total. The van der Waals surface area contributed by atoms with E-state index in [0.29, 0.717) is 5.92 Å². The van der Waals surface area contributed by atoms with E-state index in [-0.39, 0.29) is 24.0 Å². The van der Waals surface area contributed by atoms with Gasteiger partial charge in [0.25, 0.3) is 0 Å². The maximum atomic E-state index is 12.9. The smallest absolute Gasteiger partial charge is 0.313 e. The molecule has 0 bridgehead atoms. The summed E-state index contributed by atoms with van der Waals surface area (Å²) in [7, 11) is 0. The van der Waals surface area contributed by atoms with Crippen molar-refractivity contribution in [2.45, 2.75) is 71.8 Å². The van der Waals surface area contributed by atoms with Gasteiger partial charge >= 0.3 is 6.18 Å². The standard InChI is InChI=1S/C15H29F3N2/c1-6-19-13-8-11(4)7-12(5)14(13)20(10(2)3)9-15(16,17)18/h10-14,19H,6-9H2,1-5H3. The van der Waals surface area contributed by atoms with Crippen LogP contribution in [0.25, 0.3) is 0 Å². The first kappa shape index (κ1) is 17.8. The topological polar surface area (TPSA) is 15.3 Å². The number of likely N-dealkylation sites (N-methyl/N-ethyl adjacent to an activating group) is 1. The lowest BCUT2D eigenvalue weighted by molar-refractivity contribution is -0.161. The van der Waals surface area contributed by atoms with Gasteiger partial charge in [-0.25, -0.2) is 0 Å². The van der Waals surface area contributed by atoms with Crippen LogP contribution >= 0.6 is 0 Å². The molecular weight excluding hydrogens is 265 g/mol. The molecule has 1 N–H and O–H groups in total. The van der Waals surface area contributed by atoms with Crippen LogP contribution in [0.2, 0.25) is 0 Å². The van der Waals surface area contributed by atoms with Crippen molar-refractivity contribution < 1.29 is 13.2 Å². The second-order valence-corrected chi connectivity index (χ2v) is 6.59. The SMILES string of the molecule is CCNC1CC(C)CC(C)C1N(CC(F)(F)F)C(C)C. The highest BCUT2D eigenvalue weighted by molar-refractivity contribution is 4.95. The minimum absolute atomic E-state index is 0.0345. The van der Waals surface area contributed by atoms with Crippen LogP contribution in [0.1, 0.15) is 47.5 Å². The van der Waals surface area contributed by atoms with Crippen LogP contribution in [0.5, 0.6) is 0 Å². The summed E-state index contributed by atoms with van der Waals surface area (Å²) in [5.74, 6) is 0.859. The summed E-state index contributed by atoms with van der Waals surface area (Å²) in [6.07, 6.45) is -2.17. The van der Waals surface area contributed by atoms with E-state index in [0.717, 1.165) is 19.4 Å². The molecule has 0 spiro atoms. The molecule has 1 fully saturated rings. The molecule has 4 unspecified atom stereocenters. The van der Waals surface area contributed by atoms with Gasteiger partial charge in [-0.1, -0.05) is 20.8 Å². The minimum atomic E-state index is -4.14. The largest absolute Gasteiger partial charge is 0.401 e. The average Bonchev–Trinajstić information content (AvgIpc) is 2.25. The molecule has 1 saturated carbocycles. The first-order valence-electron chi connectivity index (χ1n) is 7.71. The predicted octanol–water partition coefficient (Wildman–Crippen LogP) is 3.67. The minimum Gasteiger partial charge on any atom is -0.313 e. The Morgan fingerprint density at radius 3 is 2.25 bits per heavy atom. The fourth-order valence-corrected chi connectivity index (χ4v) is 3.70. The molecule has 1 rings (SSSR count). The maximum Gasteiger partial charge on any atom is 0.401 e. The molecule has 0 radical (unpaired) electrons. The number of nitrogens with one attached hydrogen (secondary N) is 1. The van der Waals surface area contributed by atoms with Crippen LogP contribution in [0.3, 0.4) is 0 Å². The highest BCUT2D eigenvalue weighted by Crippen LogP contribution is 2.34. The second-order valence-electron chi connectivity index (χ2n) is 6.59. The van der Waals surface area contributed by atoms with E-state index in [1.54, 1.807) is 4.90 Å². The van der Waals surface area contributed by atoms with Gasteiger partial charge in [0.15, 0.2) is 0 Å². The van der Waals surface area contributed by atoms with Gasteiger partial charge in [-0.15, -0.1) is 0 Å². The maximum absolute atomic E-state index is 12.9. The number of nitrogens with zero attached hydrogens (tertiary/aromatic N) is 1. The Kier molecular flexibility index (Phi) is 6.32. The summed E-state index contributed by atoms with van der Waals surface area (Å²) >= 11 is 0. The van der Waals surface area contributed by atoms with Crippen molar-refractivity contribution in [2.75, 3.05) is 13.1 Å². The zero-order valence-electron chi connectivity index (χ0n) is 13.3. The summed E-state index contributed by atoms with van der Waals surface area (Å²) in [6.45, 7) is 10.0. The van der Waals surface area contributed by atoms with Crippen LogP contribution in [0.4, 0.5) is 13.2 Å². The summed E-state index contributed by atoms with van der Waals surface area (Å²) in [4.78, 5) is 1.64. The van der Waals surface area contributed by atoms with Crippen molar-refractivity contribution in [2.24, 2.45) is 11.8 Å². The molecule has 120 valence electrons. The quantitative estimate of drug-likeness (QED) is 0.832. The third kappa shape index (κ3) is 4.92. The Morgan fingerprint density at radius 1 is 1.20 bits per heavy atom. The average molecular weight is 294 g/mol. The van der Waals surface area contributed by atoms with Gasteiger partial charge in [-0.2, -0.15) is 13.2 Å². The van der Waals surface area contributed by atoms with Crippen molar-refractivity contribution in [3.63, 3.8) is 0 Å². The number of hydrogen-bond donors (Lipinski definition) is 1. The lowest BCUT2D eigenvalue weighted by Gasteiger charge is -2.47. The molecule has 5 heteroatoms. The van der Waals surface area contributed by atoms with E-state index in [2.05, 4.69) is 19.2 Å². The van der Waals surface area contributed by atoms with E-state index >= 15 is 0 Å². The second kappa shape index (κ2) is 7.12. The molecule has 1 aliphatic carbocycles. The lowest BCUT2D eigenvalue weighted by atomic mass is 9.75. The van der Waals surface area contributed by atoms with Crippen molar-refractivity contribution in [1.29, 1.82) is 0 Å². The Bertz CT molecular complexity index is 291. The van der Waals surface area contributed by atoms with Crippen LogP contribution in [0, 0.1) is 11.8 Å². The normalized spacial score (nSPS) is 32.1. The third-order valence-electron chi connectivity index (χ3n) is 4.30. The number of alkyl halides is 3. The summed E-state index contributed by atoms with van der Waals surface area (Å²) in [6, 6.07) is 0.0231. The van der Waals surface area contributed by atoms with Gasteiger partial charge in [0.2, 0.25) is 0 Å². The van der Waals surface area contributed by atoms with Crippen LogP contribution < -0.4 is 5.32 Å². The van der Waals surface area contributed by atoms with Crippen molar-refractivity contribution >= 4 is 0 Å². The highest BCUT2D eigenvalue weighted by atomic mass is 19.4. The zero-order valence-corrected chi connectivity index (χ0v) is 13.3. The Labute approximate surface area is 121 Å². The van der Waals surface area contributed by atoms with E-state index in [4.69, 9.17) is 0 Å². The fraction of sp³-hybridized carbons (Fsp3) is 1.00. The molecular formula is C15H29F3N2. The van der Waals surface area contributed by atoms with Gasteiger partial charge in [0.05, 0.1) is 6.54 Å². The van der Waals surface area contributed by atoms with Gasteiger partial charge in [-0.05, 0) is 45.1 Å². The Morgan fingerprint density at radius 2 is 1.80 bits per heavy atom. The number of halogens is 3. The first-order valence-corrected chi connectivity index (χ1v) is 7.71. The molecule has 0 heterocycles. The Balaban J connectivity index is 2.94. The van der Waals surface area contributed by atoms with Gasteiger partial charge in [0, 0.05) is 18.1 Å². The molecule has 0 aromatic carbocycles. The van der Waals surface area contributed by atoms with Crippen LogP contribution in [-0.4, -0.2) is 42.3 Å². The van der Waals surface area contributed by atoms with E-state index < -0.39 is 12.7 Å². The molecule has 1 aliphatic rings. The monoisotopic (exact) mass is 294 g/mol. The molecule has 0 aromatic rings. The summed E-state index contributed by atoms with van der Waals surface area (Å²) in [5.41, 5.74) is 0. The third-order valence-corrected chi connectivity index (χ3v) is 4.30. The van der Waals surface area contributed by atoms with Crippen LogP contribution in [-0.2, 0) is 0 Å². The molecule has 0 amide bonds. The van der Waals surface area contributed by atoms with Gasteiger partial charge in [-0.3, -0.25) is 4.90 Å². The van der Waals surface area contributed by atoms with Gasteiger partial charge in [0.1, 0.15) is 0 Å². The number of hydrogen-bond acceptors (Lipinski definition) is 2. The highest BCUT2D eigenvalue weighted by Gasteiger charge is 2.42. The fourth-order valence-electron chi connectivity index (χ4n) is 3.70. The zero-order chi connectivity index (χ0) is 15.5. The molecule has 0 aliphatic heterocycles. The van der Waals surface area contributed by atoms with Gasteiger partial charge < -0.3 is 5.32 Å². The van der Waals surface area contributed by atoms with E-state index in [1.165, 1.54) is 0 Å².